The van der Waals surface area contributed by atoms with Crippen molar-refractivity contribution in [3.8, 4) is 0 Å². The zero-order valence-corrected chi connectivity index (χ0v) is 23.2. The van der Waals surface area contributed by atoms with Gasteiger partial charge in [0.2, 0.25) is 10.0 Å². The van der Waals surface area contributed by atoms with Crippen molar-refractivity contribution in [3.05, 3.63) is 104 Å². The lowest BCUT2D eigenvalue weighted by Gasteiger charge is -2.22. The molecule has 3 aromatic rings. The first kappa shape index (κ1) is 27.9. The molecule has 8 nitrogen and oxygen atoms in total. The largest absolute Gasteiger partial charge is 0.505 e. The molecule has 2 aromatic carbocycles. The normalized spacial score (nSPS) is 14.9. The van der Waals surface area contributed by atoms with Gasteiger partial charge in [0.05, 0.1) is 34.3 Å². The molecule has 1 aliphatic rings. The number of rotatable bonds is 8. The van der Waals surface area contributed by atoms with Gasteiger partial charge in [-0.25, -0.2) is 18.2 Å². The van der Waals surface area contributed by atoms with Gasteiger partial charge in [-0.3, -0.25) is 0 Å². The Balaban J connectivity index is 1.65. The van der Waals surface area contributed by atoms with Crippen molar-refractivity contribution in [1.29, 1.82) is 0 Å². The number of furan rings is 1. The third-order valence-electron chi connectivity index (χ3n) is 5.61. The molecule has 2 heterocycles. The number of methoxy groups -OCH3 is 1. The number of benzene rings is 2. The predicted molar refractivity (Wildman–Crippen MR) is 146 cm³/mol. The van der Waals surface area contributed by atoms with Crippen molar-refractivity contribution in [2.45, 2.75) is 24.9 Å². The topological polar surface area (TPSA) is 109 Å². The minimum absolute atomic E-state index is 0.0194. The number of aliphatic hydroxyl groups excluding tert-OH is 1. The molecule has 0 aliphatic carbocycles. The van der Waals surface area contributed by atoms with Crippen LogP contribution in [0.25, 0.3) is 6.08 Å². The van der Waals surface area contributed by atoms with Gasteiger partial charge in [-0.1, -0.05) is 40.9 Å². The van der Waals surface area contributed by atoms with Crippen molar-refractivity contribution in [2.24, 2.45) is 4.99 Å². The number of sulfonamides is 1. The fourth-order valence-corrected chi connectivity index (χ4v) is 5.57. The summed E-state index contributed by atoms with van der Waals surface area (Å²) in [6.45, 7) is 1.43. The Bertz CT molecular complexity index is 1590. The molecule has 4 rings (SSSR count). The summed E-state index contributed by atoms with van der Waals surface area (Å²) in [5.74, 6) is -0.427. The highest BCUT2D eigenvalue weighted by molar-refractivity contribution is 7.89. The summed E-state index contributed by atoms with van der Waals surface area (Å²) in [5.41, 5.74) is 0.999. The Hall–Kier alpha value is -3.08. The van der Waals surface area contributed by atoms with Crippen LogP contribution in [0.5, 0.6) is 0 Å². The van der Waals surface area contributed by atoms with Crippen LogP contribution in [0.15, 0.2) is 85.9 Å². The van der Waals surface area contributed by atoms with Crippen molar-refractivity contribution in [1.82, 2.24) is 4.31 Å². The van der Waals surface area contributed by atoms with Crippen LogP contribution in [0, 0.1) is 0 Å². The second-order valence-corrected chi connectivity index (χ2v) is 11.4. The smallest absolute Gasteiger partial charge is 0.343 e. The van der Waals surface area contributed by atoms with Crippen LogP contribution in [0.1, 0.15) is 24.0 Å². The first-order valence-electron chi connectivity index (χ1n) is 11.1. The molecule has 38 heavy (non-hydrogen) atoms. The lowest BCUT2D eigenvalue weighted by Crippen LogP contribution is -2.30. The molecule has 0 saturated heterocycles. The average molecular weight is 596 g/mol. The van der Waals surface area contributed by atoms with Gasteiger partial charge >= 0.3 is 5.97 Å². The summed E-state index contributed by atoms with van der Waals surface area (Å²) in [6, 6.07) is 13.9. The molecule has 1 aliphatic heterocycles. The fourth-order valence-electron chi connectivity index (χ4n) is 3.72. The summed E-state index contributed by atoms with van der Waals surface area (Å²) in [5, 5.41) is 11.5. The minimum atomic E-state index is -3.98. The van der Waals surface area contributed by atoms with Crippen molar-refractivity contribution >= 4 is 62.6 Å². The van der Waals surface area contributed by atoms with Gasteiger partial charge in [0.15, 0.2) is 5.76 Å². The second kappa shape index (κ2) is 11.3. The highest BCUT2D eigenvalue weighted by Gasteiger charge is 2.28. The number of carbonyl (C=O) groups excluding carboxylic acids is 1. The number of hydrogen-bond acceptors (Lipinski definition) is 7. The molecule has 0 atom stereocenters. The van der Waals surface area contributed by atoms with Crippen LogP contribution in [0.3, 0.4) is 0 Å². The van der Waals surface area contributed by atoms with Crippen LogP contribution in [0.4, 0.5) is 0 Å². The van der Waals surface area contributed by atoms with E-state index in [9.17, 15) is 18.3 Å². The van der Waals surface area contributed by atoms with Crippen molar-refractivity contribution < 1.29 is 27.5 Å². The number of halogens is 3. The SMILES string of the molecule is COC(=O)C1=C(O)/C(=C\c2ccc(CN(Cc3ccc(Cl)c(Cl)c3)S(=O)(=O)c3ccc(Cl)cc3)o2)N=C1C. The number of aliphatic hydroxyl groups is 1. The van der Waals surface area contributed by atoms with Crippen LogP contribution in [0.2, 0.25) is 15.1 Å². The van der Waals surface area contributed by atoms with Gasteiger partial charge in [0, 0.05) is 17.6 Å². The fraction of sp³-hybridized carbons (Fsp3) is 0.154. The molecule has 0 fully saturated rings. The predicted octanol–water partition coefficient (Wildman–Crippen LogP) is 6.43. The van der Waals surface area contributed by atoms with Gasteiger partial charge in [0.1, 0.15) is 22.8 Å². The number of hydrogen-bond donors (Lipinski definition) is 1. The Morgan fingerprint density at radius 1 is 1.05 bits per heavy atom. The zero-order chi connectivity index (χ0) is 27.6. The van der Waals surface area contributed by atoms with E-state index in [0.29, 0.717) is 37.9 Å². The van der Waals surface area contributed by atoms with Gasteiger partial charge < -0.3 is 14.3 Å². The lowest BCUT2D eigenvalue weighted by atomic mass is 10.1. The number of esters is 1. The van der Waals surface area contributed by atoms with Crippen molar-refractivity contribution in [3.63, 3.8) is 0 Å². The number of aliphatic imine (C=N–C) groups is 1. The molecule has 0 unspecified atom stereocenters. The van der Waals surface area contributed by atoms with E-state index in [0.717, 1.165) is 0 Å². The summed E-state index contributed by atoms with van der Waals surface area (Å²) in [7, 11) is -2.78. The number of nitrogens with zero attached hydrogens (tertiary/aromatic N) is 2. The van der Waals surface area contributed by atoms with Crippen molar-refractivity contribution in [2.75, 3.05) is 7.11 Å². The van der Waals surface area contributed by atoms with E-state index in [2.05, 4.69) is 9.73 Å². The maximum atomic E-state index is 13.6. The Morgan fingerprint density at radius 2 is 1.76 bits per heavy atom. The molecule has 0 amide bonds. The van der Waals surface area contributed by atoms with Crippen LogP contribution < -0.4 is 0 Å². The van der Waals surface area contributed by atoms with Gasteiger partial charge in [-0.05, 0) is 61.0 Å². The molecule has 0 spiro atoms. The van der Waals surface area contributed by atoms with E-state index in [1.807, 2.05) is 0 Å². The second-order valence-electron chi connectivity index (χ2n) is 8.22. The molecule has 1 N–H and O–H groups in total. The number of carbonyl (C=O) groups is 1. The monoisotopic (exact) mass is 594 g/mol. The Morgan fingerprint density at radius 3 is 2.42 bits per heavy atom. The highest BCUT2D eigenvalue weighted by atomic mass is 35.5. The van der Waals surface area contributed by atoms with Crippen LogP contribution in [-0.2, 0) is 32.6 Å². The van der Waals surface area contributed by atoms with Crippen LogP contribution in [-0.4, -0.2) is 36.6 Å². The third-order valence-corrected chi connectivity index (χ3v) is 8.40. The van der Waals surface area contributed by atoms with Gasteiger partial charge in [-0.2, -0.15) is 4.31 Å². The van der Waals surface area contributed by atoms with Gasteiger partial charge in [0.25, 0.3) is 0 Å². The third kappa shape index (κ3) is 5.98. The molecule has 0 radical (unpaired) electrons. The quantitative estimate of drug-likeness (QED) is 0.301. The summed E-state index contributed by atoms with van der Waals surface area (Å²) in [6.07, 6.45) is 1.44. The van der Waals surface area contributed by atoms with E-state index in [4.69, 9.17) is 39.2 Å². The molecular weight excluding hydrogens is 575 g/mol. The zero-order valence-electron chi connectivity index (χ0n) is 20.1. The van der Waals surface area contributed by atoms with E-state index in [1.54, 1.807) is 37.3 Å². The van der Waals surface area contributed by atoms with E-state index < -0.39 is 16.0 Å². The first-order chi connectivity index (χ1) is 18.0. The maximum Gasteiger partial charge on any atom is 0.343 e. The summed E-state index contributed by atoms with van der Waals surface area (Å²) < 4.78 is 38.9. The van der Waals surface area contributed by atoms with E-state index in [1.165, 1.54) is 41.8 Å². The molecular formula is C26H21Cl3N2O6S. The minimum Gasteiger partial charge on any atom is -0.505 e. The standard InChI is InChI=1S/C26H21Cl3N2O6S/c1-15-24(26(33)36-2)25(32)23(30-15)12-18-6-7-19(37-18)14-31(13-16-3-10-21(28)22(29)11-16)38(34,35)20-8-4-17(27)5-9-20/h3-12,32H,13-14H2,1-2H3/b23-12+. The summed E-state index contributed by atoms with van der Waals surface area (Å²) in [4.78, 5) is 16.2. The maximum absolute atomic E-state index is 13.6. The average Bonchev–Trinajstić information content (AvgIpc) is 3.43. The van der Waals surface area contributed by atoms with Crippen LogP contribution >= 0.6 is 34.8 Å². The first-order valence-corrected chi connectivity index (χ1v) is 13.6. The lowest BCUT2D eigenvalue weighted by molar-refractivity contribution is -0.135. The highest BCUT2D eigenvalue weighted by Crippen LogP contribution is 2.29. The molecule has 12 heteroatoms. The summed E-state index contributed by atoms with van der Waals surface area (Å²) >= 11 is 18.1. The van der Waals surface area contributed by atoms with Gasteiger partial charge in [-0.15, -0.1) is 0 Å². The molecule has 1 aromatic heterocycles. The Labute approximate surface area is 234 Å². The Kier molecular flexibility index (Phi) is 8.34. The van der Waals surface area contributed by atoms with E-state index >= 15 is 0 Å². The molecule has 198 valence electrons. The molecule has 0 bridgehead atoms. The molecule has 0 saturated carbocycles. The van der Waals surface area contributed by atoms with E-state index in [-0.39, 0.29) is 35.0 Å². The number of ether oxygens (including phenoxy) is 1.